The van der Waals surface area contributed by atoms with Crippen LogP contribution in [0.4, 0.5) is 0 Å². The molecule has 126 valence electrons. The topological polar surface area (TPSA) is 58.4 Å². The molecule has 1 aliphatic heterocycles. The van der Waals surface area contributed by atoms with E-state index in [0.29, 0.717) is 13.1 Å². The Morgan fingerprint density at radius 2 is 1.92 bits per heavy atom. The van der Waals surface area contributed by atoms with Crippen LogP contribution in [0.1, 0.15) is 25.1 Å². The lowest BCUT2D eigenvalue weighted by Crippen LogP contribution is -2.58. The van der Waals surface area contributed by atoms with Crippen molar-refractivity contribution in [3.63, 3.8) is 0 Å². The molecule has 2 amide bonds. The number of rotatable bonds is 5. The van der Waals surface area contributed by atoms with Crippen molar-refractivity contribution in [3.05, 3.63) is 54.1 Å². The fraction of sp³-hybridized carbons (Fsp3) is 0.389. The summed E-state index contributed by atoms with van der Waals surface area (Å²) in [6.45, 7) is 5.62. The van der Waals surface area contributed by atoms with Crippen LogP contribution in [0.2, 0.25) is 0 Å². The number of amides is 2. The third kappa shape index (κ3) is 3.18. The van der Waals surface area contributed by atoms with Gasteiger partial charge in [0.2, 0.25) is 11.8 Å². The van der Waals surface area contributed by atoms with Gasteiger partial charge in [0.05, 0.1) is 18.6 Å². The highest BCUT2D eigenvalue weighted by molar-refractivity contribution is 5.94. The van der Waals surface area contributed by atoms with Crippen molar-refractivity contribution in [2.75, 3.05) is 6.54 Å². The number of aryl methyl sites for hydroxylation is 1. The van der Waals surface area contributed by atoms with Gasteiger partial charge in [-0.15, -0.1) is 0 Å². The molecule has 2 heterocycles. The smallest absolute Gasteiger partial charge is 0.245 e. The van der Waals surface area contributed by atoms with E-state index >= 15 is 0 Å². The molecule has 1 fully saturated rings. The van der Waals surface area contributed by atoms with Gasteiger partial charge in [-0.1, -0.05) is 30.3 Å². The van der Waals surface area contributed by atoms with Crippen molar-refractivity contribution in [1.29, 1.82) is 0 Å². The highest BCUT2D eigenvalue weighted by Crippen LogP contribution is 2.18. The summed E-state index contributed by atoms with van der Waals surface area (Å²) in [4.78, 5) is 32.7. The highest BCUT2D eigenvalue weighted by atomic mass is 16.2. The van der Waals surface area contributed by atoms with E-state index in [2.05, 4.69) is 4.98 Å². The number of aromatic nitrogens is 2. The van der Waals surface area contributed by atoms with Crippen LogP contribution >= 0.6 is 0 Å². The first-order valence-corrected chi connectivity index (χ1v) is 8.21. The lowest BCUT2D eigenvalue weighted by Gasteiger charge is -2.38. The van der Waals surface area contributed by atoms with Crippen molar-refractivity contribution in [2.24, 2.45) is 0 Å². The third-order valence-corrected chi connectivity index (χ3v) is 4.47. The molecule has 0 saturated carbocycles. The molecule has 0 N–H and O–H groups in total. The van der Waals surface area contributed by atoms with Crippen LogP contribution in [0.25, 0.3) is 0 Å². The molecule has 6 nitrogen and oxygen atoms in total. The summed E-state index contributed by atoms with van der Waals surface area (Å²) in [6, 6.07) is 9.28. The van der Waals surface area contributed by atoms with Crippen LogP contribution in [0.5, 0.6) is 0 Å². The number of piperazine rings is 1. The van der Waals surface area contributed by atoms with Gasteiger partial charge < -0.3 is 14.4 Å². The van der Waals surface area contributed by atoms with Crippen molar-refractivity contribution < 1.29 is 9.59 Å². The molecule has 24 heavy (non-hydrogen) atoms. The molecule has 2 aromatic rings. The van der Waals surface area contributed by atoms with Crippen molar-refractivity contribution in [3.8, 4) is 0 Å². The van der Waals surface area contributed by atoms with E-state index < -0.39 is 6.04 Å². The minimum Gasteiger partial charge on any atom is -0.333 e. The Kier molecular flexibility index (Phi) is 4.64. The van der Waals surface area contributed by atoms with Gasteiger partial charge in [0, 0.05) is 19.3 Å². The standard InChI is InChI=1S/C18H22N4O2/c1-3-20-13-19-9-16(20)11-22-14(2)18(24)21(12-17(22)23)10-15-7-5-4-6-8-15/h4-9,13-14H,3,10-12H2,1-2H3/t14-/m1/s1. The van der Waals surface area contributed by atoms with Crippen LogP contribution in [0, 0.1) is 0 Å². The fourth-order valence-corrected chi connectivity index (χ4v) is 3.05. The number of hydrogen-bond acceptors (Lipinski definition) is 3. The van der Waals surface area contributed by atoms with E-state index in [9.17, 15) is 9.59 Å². The average molecular weight is 326 g/mol. The van der Waals surface area contributed by atoms with Crippen LogP contribution < -0.4 is 0 Å². The van der Waals surface area contributed by atoms with Gasteiger partial charge in [-0.3, -0.25) is 9.59 Å². The Morgan fingerprint density at radius 1 is 1.17 bits per heavy atom. The number of hydrogen-bond donors (Lipinski definition) is 0. The van der Waals surface area contributed by atoms with Crippen molar-refractivity contribution in [2.45, 2.75) is 39.5 Å². The van der Waals surface area contributed by atoms with Crippen LogP contribution in [0.15, 0.2) is 42.9 Å². The van der Waals surface area contributed by atoms with Gasteiger partial charge >= 0.3 is 0 Å². The minimum atomic E-state index is -0.463. The number of carbonyl (C=O) groups excluding carboxylic acids is 2. The number of imidazole rings is 1. The van der Waals surface area contributed by atoms with Gasteiger partial charge in [0.15, 0.2) is 0 Å². The van der Waals surface area contributed by atoms with E-state index in [1.165, 1.54) is 0 Å². The normalized spacial score (nSPS) is 18.3. The predicted octanol–water partition coefficient (Wildman–Crippen LogP) is 1.66. The fourth-order valence-electron chi connectivity index (χ4n) is 3.05. The molecule has 1 aliphatic rings. The number of benzene rings is 1. The van der Waals surface area contributed by atoms with Gasteiger partial charge in [0.1, 0.15) is 12.6 Å². The van der Waals surface area contributed by atoms with Gasteiger partial charge in [-0.2, -0.15) is 0 Å². The molecule has 1 atom stereocenters. The van der Waals surface area contributed by atoms with Gasteiger partial charge in [-0.25, -0.2) is 4.98 Å². The Bertz CT molecular complexity index is 726. The molecule has 1 aromatic heterocycles. The number of carbonyl (C=O) groups is 2. The second kappa shape index (κ2) is 6.86. The van der Waals surface area contributed by atoms with E-state index in [0.717, 1.165) is 17.8 Å². The lowest BCUT2D eigenvalue weighted by molar-refractivity contribution is -0.156. The zero-order chi connectivity index (χ0) is 17.1. The maximum Gasteiger partial charge on any atom is 0.245 e. The first-order chi connectivity index (χ1) is 11.6. The Morgan fingerprint density at radius 3 is 2.62 bits per heavy atom. The third-order valence-electron chi connectivity index (χ3n) is 4.47. The Balaban J connectivity index is 1.72. The summed E-state index contributed by atoms with van der Waals surface area (Å²) in [6.07, 6.45) is 3.50. The number of nitrogens with zero attached hydrogens (tertiary/aromatic N) is 4. The zero-order valence-electron chi connectivity index (χ0n) is 14.1. The van der Waals surface area contributed by atoms with E-state index in [1.807, 2.05) is 41.8 Å². The first kappa shape index (κ1) is 16.2. The molecule has 1 saturated heterocycles. The second-order valence-corrected chi connectivity index (χ2v) is 6.05. The predicted molar refractivity (Wildman–Crippen MR) is 89.8 cm³/mol. The SMILES string of the molecule is CCn1cncc1CN1C(=O)CN(Cc2ccccc2)C(=O)[C@H]1C. The Hall–Kier alpha value is -2.63. The van der Waals surface area contributed by atoms with Crippen LogP contribution in [-0.4, -0.2) is 43.8 Å². The maximum absolute atomic E-state index is 12.7. The molecule has 0 spiro atoms. The van der Waals surface area contributed by atoms with E-state index in [-0.39, 0.29) is 18.4 Å². The summed E-state index contributed by atoms with van der Waals surface area (Å²) in [7, 11) is 0. The zero-order valence-corrected chi connectivity index (χ0v) is 14.1. The minimum absolute atomic E-state index is 0.0129. The van der Waals surface area contributed by atoms with Crippen molar-refractivity contribution >= 4 is 11.8 Å². The molecule has 0 aliphatic carbocycles. The molecule has 0 unspecified atom stereocenters. The molecule has 0 bridgehead atoms. The summed E-state index contributed by atoms with van der Waals surface area (Å²) >= 11 is 0. The maximum atomic E-state index is 12.7. The molecule has 0 radical (unpaired) electrons. The van der Waals surface area contributed by atoms with Crippen LogP contribution in [-0.2, 0) is 29.2 Å². The quantitative estimate of drug-likeness (QED) is 0.840. The lowest BCUT2D eigenvalue weighted by atomic mass is 10.1. The van der Waals surface area contributed by atoms with Gasteiger partial charge in [-0.05, 0) is 19.4 Å². The second-order valence-electron chi connectivity index (χ2n) is 6.05. The molecular formula is C18H22N4O2. The largest absolute Gasteiger partial charge is 0.333 e. The monoisotopic (exact) mass is 326 g/mol. The molecule has 1 aromatic carbocycles. The van der Waals surface area contributed by atoms with Gasteiger partial charge in [0.25, 0.3) is 0 Å². The first-order valence-electron chi connectivity index (χ1n) is 8.21. The Labute approximate surface area is 141 Å². The summed E-state index contributed by atoms with van der Waals surface area (Å²) in [5.41, 5.74) is 1.98. The summed E-state index contributed by atoms with van der Waals surface area (Å²) < 4.78 is 1.99. The summed E-state index contributed by atoms with van der Waals surface area (Å²) in [5, 5.41) is 0. The molecule has 3 rings (SSSR count). The molecule has 6 heteroatoms. The van der Waals surface area contributed by atoms with Crippen LogP contribution in [0.3, 0.4) is 0 Å². The van der Waals surface area contributed by atoms with E-state index in [4.69, 9.17) is 0 Å². The van der Waals surface area contributed by atoms with E-state index in [1.54, 1.807) is 29.2 Å². The summed E-state index contributed by atoms with van der Waals surface area (Å²) in [5.74, 6) is -0.0390. The van der Waals surface area contributed by atoms with Crippen molar-refractivity contribution in [1.82, 2.24) is 19.4 Å². The molecular weight excluding hydrogens is 304 g/mol. The average Bonchev–Trinajstić information content (AvgIpc) is 3.04. The highest BCUT2D eigenvalue weighted by Gasteiger charge is 2.36.